The number of hydrogen-bond acceptors (Lipinski definition) is 3. The fourth-order valence-electron chi connectivity index (χ4n) is 2.52. The molecule has 1 heterocycles. The van der Waals surface area contributed by atoms with Crippen molar-refractivity contribution in [1.82, 2.24) is 4.98 Å². The van der Waals surface area contributed by atoms with E-state index < -0.39 is 3.79 Å². The number of benzene rings is 2. The van der Waals surface area contributed by atoms with Crippen LogP contribution in [0.2, 0.25) is 0 Å². The highest BCUT2D eigenvalue weighted by Gasteiger charge is 2.29. The molecule has 0 aliphatic heterocycles. The summed E-state index contributed by atoms with van der Waals surface area (Å²) in [6.07, 6.45) is 0. The van der Waals surface area contributed by atoms with E-state index in [1.807, 2.05) is 30.3 Å². The van der Waals surface area contributed by atoms with Crippen LogP contribution in [-0.2, 0) is 3.79 Å². The number of hydrogen-bond donors (Lipinski definition) is 0. The first-order chi connectivity index (χ1) is 10.5. The molecule has 0 fully saturated rings. The van der Waals surface area contributed by atoms with Gasteiger partial charge in [-0.1, -0.05) is 46.9 Å². The number of fused-ring (bicyclic) bond motifs is 3. The SMILES string of the molecule is COc1ccc2c(c1)nc(C(Cl)(Cl)Cl)c1cccc(OC)c12. The van der Waals surface area contributed by atoms with Crippen LogP contribution in [0.5, 0.6) is 11.5 Å². The second-order valence-electron chi connectivity index (χ2n) is 4.72. The highest BCUT2D eigenvalue weighted by Crippen LogP contribution is 2.44. The lowest BCUT2D eigenvalue weighted by atomic mass is 10.0. The summed E-state index contributed by atoms with van der Waals surface area (Å²) in [6, 6.07) is 11.2. The van der Waals surface area contributed by atoms with Gasteiger partial charge in [0.1, 0.15) is 17.2 Å². The Bertz CT molecular complexity index is 859. The third-order valence-electron chi connectivity index (χ3n) is 3.48. The topological polar surface area (TPSA) is 31.4 Å². The number of ether oxygens (including phenoxy) is 2. The van der Waals surface area contributed by atoms with Crippen LogP contribution in [0, 0.1) is 0 Å². The molecule has 3 aromatic rings. The van der Waals surface area contributed by atoms with Crippen LogP contribution in [0.1, 0.15) is 5.69 Å². The Labute approximate surface area is 142 Å². The lowest BCUT2D eigenvalue weighted by Gasteiger charge is -2.17. The average Bonchev–Trinajstić information content (AvgIpc) is 2.51. The van der Waals surface area contributed by atoms with Crippen molar-refractivity contribution in [3.63, 3.8) is 0 Å². The molecule has 0 saturated heterocycles. The van der Waals surface area contributed by atoms with Gasteiger partial charge >= 0.3 is 0 Å². The summed E-state index contributed by atoms with van der Waals surface area (Å²) in [5.41, 5.74) is 1.05. The van der Waals surface area contributed by atoms with Crippen LogP contribution >= 0.6 is 34.8 Å². The molecule has 22 heavy (non-hydrogen) atoms. The Balaban J connectivity index is 2.53. The zero-order valence-electron chi connectivity index (χ0n) is 11.9. The summed E-state index contributed by atoms with van der Waals surface area (Å²) >= 11 is 18.3. The molecule has 3 rings (SSSR count). The summed E-state index contributed by atoms with van der Waals surface area (Å²) in [4.78, 5) is 4.53. The minimum atomic E-state index is -1.64. The van der Waals surface area contributed by atoms with Gasteiger partial charge in [-0.3, -0.25) is 0 Å². The van der Waals surface area contributed by atoms with Gasteiger partial charge in [-0.15, -0.1) is 0 Å². The fourth-order valence-corrected chi connectivity index (χ4v) is 2.95. The van der Waals surface area contributed by atoms with Crippen molar-refractivity contribution in [3.8, 4) is 11.5 Å². The molecule has 0 aliphatic rings. The maximum absolute atomic E-state index is 6.10. The predicted octanol–water partition coefficient (Wildman–Crippen LogP) is 5.23. The van der Waals surface area contributed by atoms with Crippen molar-refractivity contribution >= 4 is 56.5 Å². The fraction of sp³-hybridized carbons (Fsp3) is 0.188. The van der Waals surface area contributed by atoms with E-state index >= 15 is 0 Å². The molecule has 2 aromatic carbocycles. The van der Waals surface area contributed by atoms with E-state index in [1.165, 1.54) is 0 Å². The van der Waals surface area contributed by atoms with Crippen molar-refractivity contribution < 1.29 is 9.47 Å². The number of pyridine rings is 1. The van der Waals surface area contributed by atoms with E-state index in [-0.39, 0.29) is 0 Å². The van der Waals surface area contributed by atoms with Crippen LogP contribution in [0.4, 0.5) is 0 Å². The monoisotopic (exact) mass is 355 g/mol. The second kappa shape index (κ2) is 5.65. The molecule has 3 nitrogen and oxygen atoms in total. The first-order valence-corrected chi connectivity index (χ1v) is 7.60. The Morgan fingerprint density at radius 1 is 0.955 bits per heavy atom. The van der Waals surface area contributed by atoms with Crippen LogP contribution < -0.4 is 9.47 Å². The third-order valence-corrected chi connectivity index (χ3v) is 4.01. The van der Waals surface area contributed by atoms with Gasteiger partial charge in [-0.05, 0) is 18.2 Å². The molecular weight excluding hydrogens is 345 g/mol. The molecule has 0 radical (unpaired) electrons. The molecule has 0 spiro atoms. The van der Waals surface area contributed by atoms with Crippen LogP contribution in [-0.4, -0.2) is 19.2 Å². The molecule has 0 bridgehead atoms. The third kappa shape index (κ3) is 2.54. The number of aromatic nitrogens is 1. The van der Waals surface area contributed by atoms with E-state index in [0.29, 0.717) is 22.7 Å². The number of alkyl halides is 3. The molecule has 0 aliphatic carbocycles. The van der Waals surface area contributed by atoms with E-state index in [1.54, 1.807) is 20.3 Å². The molecule has 0 unspecified atom stereocenters. The lowest BCUT2D eigenvalue weighted by molar-refractivity contribution is 0.415. The average molecular weight is 357 g/mol. The highest BCUT2D eigenvalue weighted by molar-refractivity contribution is 6.67. The van der Waals surface area contributed by atoms with Gasteiger partial charge in [-0.2, -0.15) is 0 Å². The summed E-state index contributed by atoms with van der Waals surface area (Å²) < 4.78 is 9.08. The van der Waals surface area contributed by atoms with Crippen LogP contribution in [0.15, 0.2) is 36.4 Å². The molecule has 6 heteroatoms. The zero-order valence-corrected chi connectivity index (χ0v) is 14.1. The predicted molar refractivity (Wildman–Crippen MR) is 91.6 cm³/mol. The molecular formula is C16H12Cl3NO2. The van der Waals surface area contributed by atoms with Crippen molar-refractivity contribution in [1.29, 1.82) is 0 Å². The molecule has 0 N–H and O–H groups in total. The first-order valence-electron chi connectivity index (χ1n) is 6.47. The quantitative estimate of drug-likeness (QED) is 0.465. The number of rotatable bonds is 2. The number of methoxy groups -OCH3 is 2. The van der Waals surface area contributed by atoms with Crippen molar-refractivity contribution in [2.24, 2.45) is 0 Å². The van der Waals surface area contributed by atoms with E-state index in [4.69, 9.17) is 44.3 Å². The molecule has 0 saturated carbocycles. The van der Waals surface area contributed by atoms with Crippen molar-refractivity contribution in [2.75, 3.05) is 14.2 Å². The van der Waals surface area contributed by atoms with Crippen molar-refractivity contribution in [2.45, 2.75) is 3.79 Å². The van der Waals surface area contributed by atoms with E-state index in [0.717, 1.165) is 16.2 Å². The van der Waals surface area contributed by atoms with Gasteiger partial charge in [0.15, 0.2) is 0 Å². The molecule has 114 valence electrons. The largest absolute Gasteiger partial charge is 0.497 e. The van der Waals surface area contributed by atoms with Gasteiger partial charge in [0.2, 0.25) is 3.79 Å². The Kier molecular flexibility index (Phi) is 3.98. The standard InChI is InChI=1S/C16H12Cl3NO2/c1-21-9-6-7-10-12(8-9)20-15(16(17,18)19)11-4-3-5-13(22-2)14(10)11/h3-8H,1-2H3. The Morgan fingerprint density at radius 3 is 2.36 bits per heavy atom. The molecule has 1 aromatic heterocycles. The van der Waals surface area contributed by atoms with E-state index in [2.05, 4.69) is 4.98 Å². The first kappa shape index (κ1) is 15.5. The normalized spacial score (nSPS) is 11.9. The van der Waals surface area contributed by atoms with E-state index in [9.17, 15) is 0 Å². The highest BCUT2D eigenvalue weighted by atomic mass is 35.6. The summed E-state index contributed by atoms with van der Waals surface area (Å²) in [5, 5.41) is 2.52. The van der Waals surface area contributed by atoms with Gasteiger partial charge in [-0.25, -0.2) is 4.98 Å². The summed E-state index contributed by atoms with van der Waals surface area (Å²) in [6.45, 7) is 0. The molecule has 0 atom stereocenters. The van der Waals surface area contributed by atoms with Gasteiger partial charge in [0, 0.05) is 22.2 Å². The maximum atomic E-state index is 6.10. The van der Waals surface area contributed by atoms with Crippen LogP contribution in [0.3, 0.4) is 0 Å². The Morgan fingerprint density at radius 2 is 1.73 bits per heavy atom. The van der Waals surface area contributed by atoms with Crippen LogP contribution in [0.25, 0.3) is 21.7 Å². The van der Waals surface area contributed by atoms with Crippen molar-refractivity contribution in [3.05, 3.63) is 42.1 Å². The second-order valence-corrected chi connectivity index (χ2v) is 7.01. The zero-order chi connectivity index (χ0) is 15.9. The lowest BCUT2D eigenvalue weighted by Crippen LogP contribution is -2.06. The molecule has 0 amide bonds. The maximum Gasteiger partial charge on any atom is 0.233 e. The summed E-state index contributed by atoms with van der Waals surface area (Å²) in [5.74, 6) is 1.38. The summed E-state index contributed by atoms with van der Waals surface area (Å²) in [7, 11) is 3.21. The van der Waals surface area contributed by atoms with Gasteiger partial charge < -0.3 is 9.47 Å². The number of nitrogens with zero attached hydrogens (tertiary/aromatic N) is 1. The minimum Gasteiger partial charge on any atom is -0.497 e. The van der Waals surface area contributed by atoms with Gasteiger partial charge in [0.05, 0.1) is 19.7 Å². The minimum absolute atomic E-state index is 0.368. The smallest absolute Gasteiger partial charge is 0.233 e. The number of halogens is 3. The Hall–Kier alpha value is -1.42. The van der Waals surface area contributed by atoms with Gasteiger partial charge in [0.25, 0.3) is 0 Å².